The zero-order valence-corrected chi connectivity index (χ0v) is 10.7. The van der Waals surface area contributed by atoms with Crippen molar-refractivity contribution in [1.29, 1.82) is 0 Å². The molecule has 0 spiro atoms. The highest BCUT2D eigenvalue weighted by Crippen LogP contribution is 2.39. The summed E-state index contributed by atoms with van der Waals surface area (Å²) in [5.41, 5.74) is -0.460. The summed E-state index contributed by atoms with van der Waals surface area (Å²) in [6, 6.07) is 4.38. The van der Waals surface area contributed by atoms with E-state index in [1.165, 1.54) is 12.1 Å². The molecule has 1 aromatic carbocycles. The molecule has 1 aliphatic carbocycles. The minimum absolute atomic E-state index is 0.159. The normalized spacial score (nSPS) is 22.8. The van der Waals surface area contributed by atoms with Crippen molar-refractivity contribution in [2.75, 3.05) is 0 Å². The second-order valence-corrected chi connectivity index (χ2v) is 5.48. The van der Waals surface area contributed by atoms with Crippen molar-refractivity contribution in [3.8, 4) is 5.75 Å². The maximum atomic E-state index is 13.1. The molecule has 1 saturated carbocycles. The fraction of sp³-hybridized carbons (Fsp3) is 0.417. The average molecular weight is 287 g/mol. The molecule has 0 heterocycles. The quantitative estimate of drug-likeness (QED) is 0.834. The van der Waals surface area contributed by atoms with E-state index in [1.54, 1.807) is 6.07 Å². The topological polar surface area (TPSA) is 26.3 Å². The lowest BCUT2D eigenvalue weighted by Crippen LogP contribution is -2.52. The first-order chi connectivity index (χ1) is 7.39. The highest BCUT2D eigenvalue weighted by Gasteiger charge is 2.49. The molecule has 16 heavy (non-hydrogen) atoms. The molecule has 2 nitrogen and oxygen atoms in total. The van der Waals surface area contributed by atoms with Crippen molar-refractivity contribution in [3.05, 3.63) is 28.5 Å². The summed E-state index contributed by atoms with van der Waals surface area (Å²) in [6.07, 6.45) is 0.245. The maximum absolute atomic E-state index is 13.1. The van der Waals surface area contributed by atoms with Gasteiger partial charge in [-0.15, -0.1) is 0 Å². The van der Waals surface area contributed by atoms with Crippen LogP contribution in [0.15, 0.2) is 22.7 Å². The lowest BCUT2D eigenvalue weighted by atomic mass is 9.68. The van der Waals surface area contributed by atoms with Gasteiger partial charge in [0.25, 0.3) is 0 Å². The van der Waals surface area contributed by atoms with Crippen molar-refractivity contribution in [2.45, 2.75) is 26.4 Å². The molecule has 0 saturated heterocycles. The Labute approximate surface area is 102 Å². The summed E-state index contributed by atoms with van der Waals surface area (Å²) < 4.78 is 19.3. The summed E-state index contributed by atoms with van der Waals surface area (Å²) in [4.78, 5) is 11.3. The van der Waals surface area contributed by atoms with E-state index in [0.29, 0.717) is 16.6 Å². The van der Waals surface area contributed by atoms with Crippen molar-refractivity contribution in [1.82, 2.24) is 0 Å². The van der Waals surface area contributed by atoms with Gasteiger partial charge < -0.3 is 4.74 Å². The summed E-state index contributed by atoms with van der Waals surface area (Å²) >= 11 is 3.20. The molecular formula is C12H12BrFO2. The number of hydrogen-bond donors (Lipinski definition) is 0. The fourth-order valence-electron chi connectivity index (χ4n) is 1.68. The van der Waals surface area contributed by atoms with Crippen LogP contribution in [-0.2, 0) is 4.79 Å². The van der Waals surface area contributed by atoms with Crippen molar-refractivity contribution < 1.29 is 13.9 Å². The van der Waals surface area contributed by atoms with E-state index in [0.717, 1.165) is 0 Å². The first kappa shape index (κ1) is 11.6. The highest BCUT2D eigenvalue weighted by molar-refractivity contribution is 9.10. The molecule has 4 heteroatoms. The van der Waals surface area contributed by atoms with E-state index in [-0.39, 0.29) is 17.7 Å². The Balaban J connectivity index is 2.14. The molecule has 0 N–H and O–H groups in total. The number of ketones is 1. The third-order valence-electron chi connectivity index (χ3n) is 3.01. The molecule has 1 atom stereocenters. The monoisotopic (exact) mass is 286 g/mol. The van der Waals surface area contributed by atoms with Gasteiger partial charge >= 0.3 is 0 Å². The molecule has 1 unspecified atom stereocenters. The number of benzene rings is 1. The maximum Gasteiger partial charge on any atom is 0.145 e. The van der Waals surface area contributed by atoms with E-state index in [2.05, 4.69) is 15.9 Å². The molecule has 1 aromatic rings. The molecule has 1 fully saturated rings. The minimum Gasteiger partial charge on any atom is -0.489 e. The van der Waals surface area contributed by atoms with Gasteiger partial charge in [-0.2, -0.15) is 0 Å². The molecule has 0 radical (unpaired) electrons. The zero-order valence-electron chi connectivity index (χ0n) is 9.09. The second-order valence-electron chi connectivity index (χ2n) is 4.56. The van der Waals surface area contributed by atoms with Crippen LogP contribution in [0.25, 0.3) is 0 Å². The second kappa shape index (κ2) is 3.84. The Bertz CT molecular complexity index is 422. The van der Waals surface area contributed by atoms with Crippen LogP contribution in [0.2, 0.25) is 0 Å². The van der Waals surface area contributed by atoms with Gasteiger partial charge in [0.05, 0.1) is 5.41 Å². The van der Waals surface area contributed by atoms with E-state index >= 15 is 0 Å². The standard InChI is InChI=1S/C12H12BrFO2/c1-12(2)10(15)6-11(12)16-9-4-7(13)3-8(14)5-9/h3-5,11H,6H2,1-2H3. The van der Waals surface area contributed by atoms with Gasteiger partial charge in [-0.05, 0) is 26.0 Å². The van der Waals surface area contributed by atoms with Gasteiger partial charge in [0.15, 0.2) is 0 Å². The van der Waals surface area contributed by atoms with Crippen LogP contribution in [0.4, 0.5) is 4.39 Å². The number of ether oxygens (including phenoxy) is 1. The third kappa shape index (κ3) is 1.98. The van der Waals surface area contributed by atoms with Crippen LogP contribution in [-0.4, -0.2) is 11.9 Å². The van der Waals surface area contributed by atoms with Crippen LogP contribution < -0.4 is 4.74 Å². The zero-order chi connectivity index (χ0) is 11.9. The molecule has 0 aromatic heterocycles. The Kier molecular flexibility index (Phi) is 2.78. The minimum atomic E-state index is -0.460. The van der Waals surface area contributed by atoms with Crippen LogP contribution in [0.1, 0.15) is 20.3 Å². The van der Waals surface area contributed by atoms with Gasteiger partial charge in [0.2, 0.25) is 0 Å². The average Bonchev–Trinajstić information content (AvgIpc) is 2.15. The van der Waals surface area contributed by atoms with Gasteiger partial charge in [-0.25, -0.2) is 4.39 Å². The van der Waals surface area contributed by atoms with Gasteiger partial charge in [-0.1, -0.05) is 15.9 Å². The Morgan fingerprint density at radius 2 is 2.12 bits per heavy atom. The smallest absolute Gasteiger partial charge is 0.145 e. The molecule has 0 bridgehead atoms. The predicted molar refractivity (Wildman–Crippen MR) is 61.9 cm³/mol. The molecule has 86 valence electrons. The van der Waals surface area contributed by atoms with Crippen molar-refractivity contribution >= 4 is 21.7 Å². The highest BCUT2D eigenvalue weighted by atomic mass is 79.9. The molecule has 2 rings (SSSR count). The number of carbonyl (C=O) groups is 1. The Morgan fingerprint density at radius 3 is 2.62 bits per heavy atom. The van der Waals surface area contributed by atoms with E-state index < -0.39 is 5.41 Å². The number of hydrogen-bond acceptors (Lipinski definition) is 2. The SMILES string of the molecule is CC1(C)C(=O)CC1Oc1cc(F)cc(Br)c1. The molecule has 1 aliphatic rings. The number of Topliss-reactive ketones (excluding diaryl/α,β-unsaturated/α-hetero) is 1. The number of halogens is 2. The Morgan fingerprint density at radius 1 is 1.44 bits per heavy atom. The van der Waals surface area contributed by atoms with Gasteiger partial charge in [0.1, 0.15) is 23.5 Å². The summed E-state index contributed by atoms with van der Waals surface area (Å²) in [5, 5.41) is 0. The summed E-state index contributed by atoms with van der Waals surface area (Å²) in [7, 11) is 0. The lowest BCUT2D eigenvalue weighted by molar-refractivity contribution is -0.148. The molecule has 0 amide bonds. The third-order valence-corrected chi connectivity index (χ3v) is 3.47. The summed E-state index contributed by atoms with van der Waals surface area (Å²) in [5.74, 6) is 0.290. The largest absolute Gasteiger partial charge is 0.489 e. The summed E-state index contributed by atoms with van der Waals surface area (Å²) in [6.45, 7) is 3.69. The number of carbonyl (C=O) groups excluding carboxylic acids is 1. The van der Waals surface area contributed by atoms with Crippen LogP contribution in [0.3, 0.4) is 0 Å². The van der Waals surface area contributed by atoms with Gasteiger partial charge in [0, 0.05) is 17.0 Å². The Hall–Kier alpha value is -0.900. The predicted octanol–water partition coefficient (Wildman–Crippen LogP) is 3.33. The van der Waals surface area contributed by atoms with Crippen LogP contribution in [0.5, 0.6) is 5.75 Å². The lowest BCUT2D eigenvalue weighted by Gasteiger charge is -2.41. The molecular weight excluding hydrogens is 275 g/mol. The molecule has 0 aliphatic heterocycles. The first-order valence-electron chi connectivity index (χ1n) is 5.05. The van der Waals surface area contributed by atoms with Crippen molar-refractivity contribution in [2.24, 2.45) is 5.41 Å². The van der Waals surface area contributed by atoms with E-state index in [1.807, 2.05) is 13.8 Å². The van der Waals surface area contributed by atoms with Crippen LogP contribution >= 0.6 is 15.9 Å². The van der Waals surface area contributed by atoms with Crippen molar-refractivity contribution in [3.63, 3.8) is 0 Å². The van der Waals surface area contributed by atoms with E-state index in [4.69, 9.17) is 4.74 Å². The van der Waals surface area contributed by atoms with Gasteiger partial charge in [-0.3, -0.25) is 4.79 Å². The van der Waals surface area contributed by atoms with Crippen LogP contribution in [0, 0.1) is 11.2 Å². The fourth-order valence-corrected chi connectivity index (χ4v) is 2.13. The number of rotatable bonds is 2. The van der Waals surface area contributed by atoms with E-state index in [9.17, 15) is 9.18 Å². The first-order valence-corrected chi connectivity index (χ1v) is 5.85.